The molecule has 2 rings (SSSR count). The second kappa shape index (κ2) is 19.0. The van der Waals surface area contributed by atoms with Gasteiger partial charge in [0.2, 0.25) is 0 Å². The quantitative estimate of drug-likeness (QED) is 0.591. The standard InChI is InChI=1S/C13H22N2S.4C2H6/c1-4-15-9-7-13(8-10-15,14(2)3)12-6-5-11-16-12;4*1-2/h5-6,11H,4,7-10H2,1-3H3;4*1-2H3. The number of piperidine rings is 1. The van der Waals surface area contributed by atoms with Crippen molar-refractivity contribution in [3.63, 3.8) is 0 Å². The highest BCUT2D eigenvalue weighted by Crippen LogP contribution is 2.39. The van der Waals surface area contributed by atoms with E-state index in [1.165, 1.54) is 37.4 Å². The van der Waals surface area contributed by atoms with E-state index < -0.39 is 0 Å². The summed E-state index contributed by atoms with van der Waals surface area (Å²) in [6.07, 6.45) is 2.52. The maximum atomic E-state index is 2.55. The fourth-order valence-corrected chi connectivity index (χ4v) is 3.76. The minimum atomic E-state index is 0.292. The van der Waals surface area contributed by atoms with E-state index in [-0.39, 0.29) is 0 Å². The molecule has 1 aliphatic heterocycles. The molecule has 1 aromatic heterocycles. The molecule has 2 nitrogen and oxygen atoms in total. The van der Waals surface area contributed by atoms with Gasteiger partial charge in [-0.25, -0.2) is 0 Å². The fraction of sp³-hybridized carbons (Fsp3) is 0.810. The lowest BCUT2D eigenvalue weighted by molar-refractivity contribution is 0.0590. The molecule has 0 unspecified atom stereocenters. The molecule has 0 aliphatic carbocycles. The molecule has 1 aliphatic rings. The van der Waals surface area contributed by atoms with Crippen molar-refractivity contribution >= 4 is 11.3 Å². The molecule has 0 atom stereocenters. The molecule has 1 saturated heterocycles. The largest absolute Gasteiger partial charge is 0.303 e. The van der Waals surface area contributed by atoms with Crippen LogP contribution in [-0.4, -0.2) is 43.5 Å². The van der Waals surface area contributed by atoms with Crippen LogP contribution in [0.4, 0.5) is 0 Å². The number of hydrogen-bond acceptors (Lipinski definition) is 3. The molecule has 2 heterocycles. The maximum absolute atomic E-state index is 2.55. The van der Waals surface area contributed by atoms with Crippen LogP contribution in [0, 0.1) is 0 Å². The van der Waals surface area contributed by atoms with E-state index in [9.17, 15) is 0 Å². The average molecular weight is 359 g/mol. The molecule has 0 radical (unpaired) electrons. The van der Waals surface area contributed by atoms with Gasteiger partial charge in [-0.15, -0.1) is 11.3 Å². The Labute approximate surface area is 158 Å². The number of thiophene rings is 1. The van der Waals surface area contributed by atoms with E-state index in [0.717, 1.165) is 0 Å². The fourth-order valence-electron chi connectivity index (χ4n) is 2.70. The normalized spacial score (nSPS) is 15.3. The Kier molecular flexibility index (Phi) is 22.4. The first-order chi connectivity index (χ1) is 11.7. The van der Waals surface area contributed by atoms with E-state index in [4.69, 9.17) is 0 Å². The number of nitrogens with zero attached hydrogens (tertiary/aromatic N) is 2. The lowest BCUT2D eigenvalue weighted by atomic mass is 9.85. The average Bonchev–Trinajstić information content (AvgIpc) is 3.23. The van der Waals surface area contributed by atoms with Gasteiger partial charge in [0.25, 0.3) is 0 Å². The van der Waals surface area contributed by atoms with Gasteiger partial charge in [-0.2, -0.15) is 0 Å². The summed E-state index contributed by atoms with van der Waals surface area (Å²) < 4.78 is 0. The number of likely N-dealkylation sites (tertiary alicyclic amines) is 1. The van der Waals surface area contributed by atoms with Gasteiger partial charge in [-0.05, 0) is 44.9 Å². The highest BCUT2D eigenvalue weighted by molar-refractivity contribution is 7.10. The van der Waals surface area contributed by atoms with Gasteiger partial charge in [0, 0.05) is 18.0 Å². The summed E-state index contributed by atoms with van der Waals surface area (Å²) in [5, 5.41) is 2.20. The van der Waals surface area contributed by atoms with Gasteiger partial charge in [0.15, 0.2) is 0 Å². The molecular weight excluding hydrogens is 312 g/mol. The van der Waals surface area contributed by atoms with Crippen LogP contribution in [0.1, 0.15) is 80.0 Å². The van der Waals surface area contributed by atoms with Crippen LogP contribution in [0.3, 0.4) is 0 Å². The zero-order valence-electron chi connectivity index (χ0n) is 18.6. The molecule has 0 amide bonds. The Morgan fingerprint density at radius 2 is 1.42 bits per heavy atom. The van der Waals surface area contributed by atoms with Gasteiger partial charge in [0.05, 0.1) is 5.54 Å². The molecule has 0 saturated carbocycles. The molecule has 24 heavy (non-hydrogen) atoms. The molecule has 0 N–H and O–H groups in total. The summed E-state index contributed by atoms with van der Waals surface area (Å²) >= 11 is 1.91. The molecular formula is C21H46N2S. The van der Waals surface area contributed by atoms with Crippen molar-refractivity contribution in [2.45, 2.75) is 80.7 Å². The molecule has 0 aromatic carbocycles. The monoisotopic (exact) mass is 358 g/mol. The number of hydrogen-bond donors (Lipinski definition) is 0. The highest BCUT2D eigenvalue weighted by atomic mass is 32.1. The first-order valence-electron chi connectivity index (χ1n) is 10.1. The second-order valence-electron chi connectivity index (χ2n) is 4.84. The van der Waals surface area contributed by atoms with E-state index in [2.05, 4.69) is 48.3 Å². The summed E-state index contributed by atoms with van der Waals surface area (Å²) in [4.78, 5) is 6.51. The Balaban J connectivity index is -0.000000484. The SMILES string of the molecule is CC.CC.CC.CC.CCN1CCC(c2cccs2)(N(C)C)CC1. The third-order valence-electron chi connectivity index (χ3n) is 3.97. The first kappa shape index (κ1) is 28.4. The minimum Gasteiger partial charge on any atom is -0.303 e. The second-order valence-corrected chi connectivity index (χ2v) is 5.79. The van der Waals surface area contributed by atoms with Gasteiger partial charge in [-0.1, -0.05) is 68.4 Å². The van der Waals surface area contributed by atoms with Gasteiger partial charge in [-0.3, -0.25) is 4.90 Å². The maximum Gasteiger partial charge on any atom is 0.0573 e. The first-order valence-corrected chi connectivity index (χ1v) is 11.0. The molecule has 146 valence electrons. The lowest BCUT2D eigenvalue weighted by Gasteiger charge is -2.45. The minimum absolute atomic E-state index is 0.292. The molecule has 1 fully saturated rings. The zero-order valence-corrected chi connectivity index (χ0v) is 19.4. The van der Waals surface area contributed by atoms with Crippen LogP contribution < -0.4 is 0 Å². The molecule has 3 heteroatoms. The van der Waals surface area contributed by atoms with Crippen molar-refractivity contribution in [3.05, 3.63) is 22.4 Å². The third-order valence-corrected chi connectivity index (χ3v) is 5.03. The van der Waals surface area contributed by atoms with Crippen LogP contribution in [-0.2, 0) is 5.54 Å². The smallest absolute Gasteiger partial charge is 0.0573 e. The molecule has 0 bridgehead atoms. The van der Waals surface area contributed by atoms with Crippen LogP contribution in [0.25, 0.3) is 0 Å². The Bertz CT molecular complexity index is 313. The third kappa shape index (κ3) is 8.64. The van der Waals surface area contributed by atoms with Crippen molar-refractivity contribution in [3.8, 4) is 0 Å². The Morgan fingerprint density at radius 3 is 1.71 bits per heavy atom. The van der Waals surface area contributed by atoms with Crippen LogP contribution >= 0.6 is 11.3 Å². The zero-order chi connectivity index (χ0) is 19.6. The Morgan fingerprint density at radius 1 is 0.958 bits per heavy atom. The predicted molar refractivity (Wildman–Crippen MR) is 116 cm³/mol. The van der Waals surface area contributed by atoms with Crippen LogP contribution in [0.5, 0.6) is 0 Å². The van der Waals surface area contributed by atoms with E-state index in [1.54, 1.807) is 0 Å². The van der Waals surface area contributed by atoms with Gasteiger partial charge in [0.1, 0.15) is 0 Å². The van der Waals surface area contributed by atoms with Crippen molar-refractivity contribution < 1.29 is 0 Å². The lowest BCUT2D eigenvalue weighted by Crippen LogP contribution is -2.49. The van der Waals surface area contributed by atoms with Crippen LogP contribution in [0.15, 0.2) is 17.5 Å². The van der Waals surface area contributed by atoms with E-state index >= 15 is 0 Å². The topological polar surface area (TPSA) is 6.48 Å². The molecule has 1 aromatic rings. The van der Waals surface area contributed by atoms with E-state index in [1.807, 2.05) is 66.7 Å². The molecule has 0 spiro atoms. The summed E-state index contributed by atoms with van der Waals surface area (Å²) in [7, 11) is 4.45. The Hall–Kier alpha value is -0.380. The van der Waals surface area contributed by atoms with E-state index in [0.29, 0.717) is 5.54 Å². The van der Waals surface area contributed by atoms with Crippen LogP contribution in [0.2, 0.25) is 0 Å². The van der Waals surface area contributed by atoms with Crippen molar-refractivity contribution in [2.75, 3.05) is 33.7 Å². The number of rotatable bonds is 3. The highest BCUT2D eigenvalue weighted by Gasteiger charge is 2.38. The summed E-state index contributed by atoms with van der Waals surface area (Å²) in [6.45, 7) is 21.9. The summed E-state index contributed by atoms with van der Waals surface area (Å²) in [6, 6.07) is 4.48. The van der Waals surface area contributed by atoms with Crippen molar-refractivity contribution in [1.29, 1.82) is 0 Å². The van der Waals surface area contributed by atoms with Crippen molar-refractivity contribution in [2.24, 2.45) is 0 Å². The van der Waals surface area contributed by atoms with Gasteiger partial charge >= 0.3 is 0 Å². The van der Waals surface area contributed by atoms with Gasteiger partial charge < -0.3 is 4.90 Å². The van der Waals surface area contributed by atoms with Crippen molar-refractivity contribution in [1.82, 2.24) is 9.80 Å². The summed E-state index contributed by atoms with van der Waals surface area (Å²) in [5.74, 6) is 0. The summed E-state index contributed by atoms with van der Waals surface area (Å²) in [5.41, 5.74) is 0.292. The predicted octanol–water partition coefficient (Wildman–Crippen LogP) is 6.73.